The van der Waals surface area contributed by atoms with Crippen molar-refractivity contribution in [3.05, 3.63) is 66.4 Å². The summed E-state index contributed by atoms with van der Waals surface area (Å²) in [5.74, 6) is -3.70. The Kier molecular flexibility index (Phi) is 11.1. The van der Waals surface area contributed by atoms with Gasteiger partial charge in [0.2, 0.25) is 5.91 Å². The number of benzene rings is 2. The average molecular weight is 610 g/mol. The van der Waals surface area contributed by atoms with Crippen LogP contribution < -0.4 is 4.90 Å². The van der Waals surface area contributed by atoms with Crippen LogP contribution in [0.2, 0.25) is 0 Å². The molecule has 0 aliphatic carbocycles. The maximum absolute atomic E-state index is 13.6. The third kappa shape index (κ3) is 7.99. The van der Waals surface area contributed by atoms with Crippen LogP contribution in [0, 0.1) is 0 Å². The Balaban J connectivity index is 0.000000382. The Hall–Kier alpha value is -4.30. The second kappa shape index (κ2) is 14.9. The second-order valence-electron chi connectivity index (χ2n) is 11.0. The predicted molar refractivity (Wildman–Crippen MR) is 162 cm³/mol. The zero-order valence-corrected chi connectivity index (χ0v) is 24.6. The first-order valence-electron chi connectivity index (χ1n) is 14.5. The van der Waals surface area contributed by atoms with Gasteiger partial charge in [-0.2, -0.15) is 0 Å². The quantitative estimate of drug-likeness (QED) is 0.247. The molecule has 0 bridgehead atoms. The summed E-state index contributed by atoms with van der Waals surface area (Å²) in [7, 11) is 2.18. The molecule has 5 rings (SSSR count). The average Bonchev–Trinajstić information content (AvgIpc) is 3.48. The maximum Gasteiger partial charge on any atom is 0.335 e. The molecule has 5 N–H and O–H groups in total. The van der Waals surface area contributed by atoms with Crippen molar-refractivity contribution in [2.45, 2.75) is 31.1 Å². The monoisotopic (exact) mass is 609 g/mol. The number of aliphatic carboxylic acids is 2. The largest absolute Gasteiger partial charge is 0.479 e. The summed E-state index contributed by atoms with van der Waals surface area (Å²) in [6.07, 6.45) is -0.389. The number of amides is 2. The molecule has 44 heavy (non-hydrogen) atoms. The number of H-pyrrole nitrogens is 1. The second-order valence-corrected chi connectivity index (χ2v) is 11.0. The molecule has 2 atom stereocenters. The topological polar surface area (TPSA) is 178 Å². The van der Waals surface area contributed by atoms with E-state index >= 15 is 0 Å². The summed E-state index contributed by atoms with van der Waals surface area (Å²) in [5, 5.41) is 33.4. The van der Waals surface area contributed by atoms with Gasteiger partial charge in [0.1, 0.15) is 6.54 Å². The number of aromatic nitrogens is 1. The van der Waals surface area contributed by atoms with Crippen molar-refractivity contribution < 1.29 is 39.6 Å². The summed E-state index contributed by atoms with van der Waals surface area (Å²) < 4.78 is 0. The number of nitrogens with zero attached hydrogens (tertiary/aromatic N) is 4. The number of piperidine rings is 1. The minimum Gasteiger partial charge on any atom is -0.479 e. The number of carbonyl (C=O) groups is 4. The molecule has 2 amide bonds. The van der Waals surface area contributed by atoms with Crippen LogP contribution in [0.25, 0.3) is 10.9 Å². The van der Waals surface area contributed by atoms with Crippen molar-refractivity contribution in [3.8, 4) is 0 Å². The minimum absolute atomic E-state index is 0.0000665. The molecular formula is C31H39N5O8. The van der Waals surface area contributed by atoms with Gasteiger partial charge in [0.25, 0.3) is 5.91 Å². The molecule has 13 nitrogen and oxygen atoms in total. The number of fused-ring (bicyclic) bond motifs is 1. The summed E-state index contributed by atoms with van der Waals surface area (Å²) in [6.45, 7) is 5.57. The third-order valence-electron chi connectivity index (χ3n) is 8.10. The lowest BCUT2D eigenvalue weighted by Crippen LogP contribution is -2.55. The number of anilines is 1. The highest BCUT2D eigenvalue weighted by Gasteiger charge is 2.31. The Morgan fingerprint density at radius 2 is 1.41 bits per heavy atom. The molecule has 2 aliphatic rings. The molecule has 3 heterocycles. The highest BCUT2D eigenvalue weighted by molar-refractivity contribution is 6.15. The number of hydrogen-bond donors (Lipinski definition) is 5. The van der Waals surface area contributed by atoms with Crippen molar-refractivity contribution in [1.29, 1.82) is 0 Å². The molecule has 3 aromatic rings. The van der Waals surface area contributed by atoms with Gasteiger partial charge in [0.05, 0.1) is 5.56 Å². The van der Waals surface area contributed by atoms with E-state index in [0.29, 0.717) is 11.6 Å². The lowest BCUT2D eigenvalue weighted by molar-refractivity contribution is -0.165. The van der Waals surface area contributed by atoms with Gasteiger partial charge in [-0.25, -0.2) is 9.59 Å². The van der Waals surface area contributed by atoms with E-state index in [1.165, 1.54) is 12.8 Å². The maximum atomic E-state index is 13.6. The van der Waals surface area contributed by atoms with Crippen LogP contribution in [0.4, 0.5) is 5.69 Å². The summed E-state index contributed by atoms with van der Waals surface area (Å²) in [6, 6.07) is 17.9. The lowest BCUT2D eigenvalue weighted by Gasteiger charge is -2.42. The van der Waals surface area contributed by atoms with Crippen LogP contribution in [0.3, 0.4) is 0 Å². The summed E-state index contributed by atoms with van der Waals surface area (Å²) >= 11 is 0. The van der Waals surface area contributed by atoms with Gasteiger partial charge in [-0.05, 0) is 51.2 Å². The molecule has 1 aromatic heterocycles. The Bertz CT molecular complexity index is 1410. The van der Waals surface area contributed by atoms with E-state index in [-0.39, 0.29) is 18.4 Å². The van der Waals surface area contributed by atoms with Crippen molar-refractivity contribution in [3.63, 3.8) is 0 Å². The number of aliphatic hydroxyl groups excluding tert-OH is 2. The normalized spacial score (nSPS) is 17.8. The molecule has 0 spiro atoms. The van der Waals surface area contributed by atoms with Crippen LogP contribution in [0.15, 0.2) is 60.8 Å². The van der Waals surface area contributed by atoms with Crippen LogP contribution in [-0.4, -0.2) is 135 Å². The number of likely N-dealkylation sites (tertiary alicyclic amines) is 1. The van der Waals surface area contributed by atoms with Gasteiger partial charge in [-0.1, -0.05) is 36.4 Å². The van der Waals surface area contributed by atoms with Gasteiger partial charge >= 0.3 is 11.9 Å². The molecule has 0 radical (unpaired) electrons. The number of carboxylic acid groups (broad SMARTS) is 2. The van der Waals surface area contributed by atoms with Crippen LogP contribution in [-0.2, 0) is 14.4 Å². The molecule has 2 fully saturated rings. The third-order valence-corrected chi connectivity index (χ3v) is 8.10. The molecule has 236 valence electrons. The van der Waals surface area contributed by atoms with E-state index in [1.807, 2.05) is 59.5 Å². The number of rotatable bonds is 8. The van der Waals surface area contributed by atoms with Crippen LogP contribution in [0.5, 0.6) is 0 Å². The van der Waals surface area contributed by atoms with E-state index in [0.717, 1.165) is 55.9 Å². The minimum atomic E-state index is -2.27. The van der Waals surface area contributed by atoms with Crippen LogP contribution in [0.1, 0.15) is 23.2 Å². The first-order valence-corrected chi connectivity index (χ1v) is 14.5. The number of piperazine rings is 1. The van der Waals surface area contributed by atoms with Crippen molar-refractivity contribution in [1.82, 2.24) is 19.7 Å². The lowest BCUT2D eigenvalue weighted by atomic mass is 10.0. The van der Waals surface area contributed by atoms with E-state index in [2.05, 4.69) is 21.8 Å². The Morgan fingerprint density at radius 1 is 0.841 bits per heavy atom. The number of carboxylic acids is 2. The number of aromatic amines is 1. The molecule has 0 saturated carbocycles. The molecule has 2 saturated heterocycles. The number of para-hydroxylation sites is 2. The first kappa shape index (κ1) is 32.6. The smallest absolute Gasteiger partial charge is 0.335 e. The molecule has 13 heteroatoms. The van der Waals surface area contributed by atoms with Crippen molar-refractivity contribution in [2.24, 2.45) is 0 Å². The van der Waals surface area contributed by atoms with E-state index in [9.17, 15) is 19.2 Å². The Labute approximate surface area is 254 Å². The first-order chi connectivity index (χ1) is 21.1. The fourth-order valence-corrected chi connectivity index (χ4v) is 5.48. The van der Waals surface area contributed by atoms with E-state index in [1.54, 1.807) is 11.1 Å². The highest BCUT2D eigenvalue weighted by Crippen LogP contribution is 2.24. The van der Waals surface area contributed by atoms with Gasteiger partial charge < -0.3 is 35.2 Å². The molecule has 2 aromatic carbocycles. The summed E-state index contributed by atoms with van der Waals surface area (Å²) in [4.78, 5) is 58.2. The Morgan fingerprint density at radius 3 is 2.00 bits per heavy atom. The number of aliphatic hydroxyl groups is 2. The van der Waals surface area contributed by atoms with E-state index < -0.39 is 24.1 Å². The van der Waals surface area contributed by atoms with Crippen molar-refractivity contribution in [2.75, 3.05) is 57.8 Å². The molecule has 2 aliphatic heterocycles. The number of nitrogens with one attached hydrogen (secondary N) is 1. The van der Waals surface area contributed by atoms with E-state index in [4.69, 9.17) is 20.4 Å². The SMILES string of the molecule is CN1CCC(N2CCN(C(=O)CN(C(=O)c3c[nH]c4ccccc34)c3ccccc3)CC2)CC1.O=C(O)C(O)C(O)C(=O)O. The van der Waals surface area contributed by atoms with Gasteiger partial charge in [0.15, 0.2) is 12.2 Å². The van der Waals surface area contributed by atoms with Gasteiger partial charge in [-0.15, -0.1) is 0 Å². The molecule has 2 unspecified atom stereocenters. The van der Waals surface area contributed by atoms with Crippen molar-refractivity contribution >= 4 is 40.3 Å². The van der Waals surface area contributed by atoms with Gasteiger partial charge in [-0.3, -0.25) is 19.4 Å². The standard InChI is InChI=1S/C27H33N5O2.C4H6O6/c1-29-13-11-21(12-14-29)30-15-17-31(18-16-30)26(33)20-32(22-7-3-2-4-8-22)27(34)24-19-28-25-10-6-5-9-23(24)25;5-1(3(7)8)2(6)4(9)10/h2-10,19,21,28H,11-18,20H2,1H3;1-2,5-6H,(H,7,8)(H,9,10). The van der Waals surface area contributed by atoms with Gasteiger partial charge in [0, 0.05) is 55.0 Å². The zero-order valence-electron chi connectivity index (χ0n) is 24.6. The summed E-state index contributed by atoms with van der Waals surface area (Å²) in [5.41, 5.74) is 2.23. The molecular weight excluding hydrogens is 570 g/mol. The zero-order chi connectivity index (χ0) is 31.8. The highest BCUT2D eigenvalue weighted by atomic mass is 16.4. The van der Waals surface area contributed by atoms with Crippen LogP contribution >= 0.6 is 0 Å². The predicted octanol–water partition coefficient (Wildman–Crippen LogP) is 0.931. The number of carbonyl (C=O) groups excluding carboxylic acids is 2. The fraction of sp³-hybridized carbons (Fsp3) is 0.419. The fourth-order valence-electron chi connectivity index (χ4n) is 5.48. The number of hydrogen-bond acceptors (Lipinski definition) is 8.